The van der Waals surface area contributed by atoms with Crippen LogP contribution in [0.15, 0.2) is 4.99 Å². The number of likely N-dealkylation sites (tertiary alicyclic amines) is 1. The van der Waals surface area contributed by atoms with Gasteiger partial charge in [-0.25, -0.2) is 0 Å². The first-order valence-corrected chi connectivity index (χ1v) is 8.62. The van der Waals surface area contributed by atoms with E-state index < -0.39 is 0 Å². The van der Waals surface area contributed by atoms with Crippen LogP contribution < -0.4 is 10.6 Å². The summed E-state index contributed by atoms with van der Waals surface area (Å²) in [5.41, 5.74) is 0.123. The number of rotatable bonds is 3. The van der Waals surface area contributed by atoms with Crippen molar-refractivity contribution in [3.63, 3.8) is 0 Å². The molecule has 1 spiro atoms. The minimum Gasteiger partial charge on any atom is -0.355 e. The maximum absolute atomic E-state index is 11.5. The van der Waals surface area contributed by atoms with Crippen LogP contribution in [-0.2, 0) is 4.79 Å². The second-order valence-corrected chi connectivity index (χ2v) is 7.23. The summed E-state index contributed by atoms with van der Waals surface area (Å²) in [5.74, 6) is 1.18. The summed E-state index contributed by atoms with van der Waals surface area (Å²) in [4.78, 5) is 18.3. The Kier molecular flexibility index (Phi) is 7.59. The minimum atomic E-state index is 0. The van der Waals surface area contributed by atoms with Crippen LogP contribution in [0.4, 0.5) is 0 Å². The molecule has 2 N–H and O–H groups in total. The van der Waals surface area contributed by atoms with Crippen LogP contribution in [0.1, 0.15) is 26.2 Å². The summed E-state index contributed by atoms with van der Waals surface area (Å²) in [6.07, 6.45) is 5.07. The molecule has 2 atom stereocenters. The molecule has 2 aliphatic heterocycles. The summed E-state index contributed by atoms with van der Waals surface area (Å²) in [5, 5.41) is 7.01. The highest BCUT2D eigenvalue weighted by Crippen LogP contribution is 2.35. The number of hydrogen-bond acceptors (Lipinski definition) is 3. The fourth-order valence-corrected chi connectivity index (χ4v) is 3.33. The van der Waals surface area contributed by atoms with Gasteiger partial charge >= 0.3 is 0 Å². The third-order valence-corrected chi connectivity index (χ3v) is 5.29. The van der Waals surface area contributed by atoms with E-state index in [0.717, 1.165) is 45.0 Å². The number of hydrogen-bond donors (Lipinski definition) is 2. The monoisotopic (exact) mass is 426 g/mol. The Morgan fingerprint density at radius 1 is 1.62 bits per heavy atom. The van der Waals surface area contributed by atoms with Gasteiger partial charge in [-0.3, -0.25) is 9.79 Å². The van der Waals surface area contributed by atoms with E-state index in [0.29, 0.717) is 11.7 Å². The van der Waals surface area contributed by atoms with Crippen molar-refractivity contribution < 1.29 is 4.79 Å². The van der Waals surface area contributed by atoms with Crippen molar-refractivity contribution in [1.29, 1.82) is 0 Å². The first-order chi connectivity index (χ1) is 9.58. The number of aliphatic imine (C=N–C) groups is 1. The number of carbonyl (C=O) groups excluding carboxylic acids is 1. The van der Waals surface area contributed by atoms with E-state index in [2.05, 4.69) is 33.7 Å². The zero-order chi connectivity index (χ0) is 14.6. The lowest BCUT2D eigenvalue weighted by atomic mass is 9.79. The van der Waals surface area contributed by atoms with Crippen molar-refractivity contribution >= 4 is 47.6 Å². The number of halogens is 1. The average Bonchev–Trinajstić information content (AvgIpc) is 2.80. The van der Waals surface area contributed by atoms with Gasteiger partial charge in [0.15, 0.2) is 5.96 Å². The number of thioether (sulfide) groups is 1. The zero-order valence-corrected chi connectivity index (χ0v) is 16.3. The predicted molar refractivity (Wildman–Crippen MR) is 101 cm³/mol. The summed E-state index contributed by atoms with van der Waals surface area (Å²) in [6.45, 7) is 5.92. The molecule has 21 heavy (non-hydrogen) atoms. The van der Waals surface area contributed by atoms with Gasteiger partial charge in [-0.05, 0) is 19.1 Å². The van der Waals surface area contributed by atoms with E-state index in [1.807, 2.05) is 18.8 Å². The lowest BCUT2D eigenvalue weighted by Crippen LogP contribution is -2.52. The van der Waals surface area contributed by atoms with Gasteiger partial charge in [0.1, 0.15) is 0 Å². The first kappa shape index (κ1) is 18.9. The molecule has 2 unspecified atom stereocenters. The van der Waals surface area contributed by atoms with Gasteiger partial charge < -0.3 is 15.5 Å². The molecule has 0 aromatic rings. The van der Waals surface area contributed by atoms with Crippen LogP contribution in [0.25, 0.3) is 0 Å². The number of amides is 1. The molecule has 0 saturated carbocycles. The largest absolute Gasteiger partial charge is 0.355 e. The number of piperidine rings is 1. The minimum absolute atomic E-state index is 0. The van der Waals surface area contributed by atoms with Crippen LogP contribution in [0.2, 0.25) is 0 Å². The standard InChI is InChI=1S/C14H26N4OS.HI/c1-11(20-3)8-16-13(15-2)18-6-4-5-14(10-18)7-12(19)17-9-14;/h11H,4-10H2,1-3H3,(H,15,16)(H,17,19);1H. The van der Waals surface area contributed by atoms with E-state index in [-0.39, 0.29) is 35.3 Å². The Balaban J connectivity index is 0.00000220. The maximum atomic E-state index is 11.5. The van der Waals surface area contributed by atoms with E-state index in [4.69, 9.17) is 0 Å². The van der Waals surface area contributed by atoms with Crippen LogP contribution in [0.5, 0.6) is 0 Å². The highest BCUT2D eigenvalue weighted by Gasteiger charge is 2.42. The van der Waals surface area contributed by atoms with E-state index in [1.54, 1.807) is 0 Å². The topological polar surface area (TPSA) is 56.7 Å². The van der Waals surface area contributed by atoms with Gasteiger partial charge in [0, 0.05) is 50.3 Å². The molecule has 0 bridgehead atoms. The third-order valence-electron chi connectivity index (χ3n) is 4.32. The number of carbonyl (C=O) groups is 1. The van der Waals surface area contributed by atoms with Crippen molar-refractivity contribution in [3.05, 3.63) is 0 Å². The molecule has 0 aliphatic carbocycles. The van der Waals surface area contributed by atoms with Crippen LogP contribution in [0, 0.1) is 5.41 Å². The second-order valence-electron chi connectivity index (χ2n) is 5.95. The van der Waals surface area contributed by atoms with Crippen molar-refractivity contribution in [2.24, 2.45) is 10.4 Å². The molecular weight excluding hydrogens is 399 g/mol. The molecule has 2 rings (SSSR count). The molecule has 2 aliphatic rings. The van der Waals surface area contributed by atoms with Crippen molar-refractivity contribution in [3.8, 4) is 0 Å². The average molecular weight is 426 g/mol. The molecule has 5 nitrogen and oxygen atoms in total. The first-order valence-electron chi connectivity index (χ1n) is 7.34. The Labute approximate surface area is 149 Å². The van der Waals surface area contributed by atoms with Gasteiger partial charge in [0.05, 0.1) is 0 Å². The molecule has 2 fully saturated rings. The lowest BCUT2D eigenvalue weighted by molar-refractivity contribution is -0.119. The summed E-state index contributed by atoms with van der Waals surface area (Å²) < 4.78 is 0. The molecule has 122 valence electrons. The van der Waals surface area contributed by atoms with Gasteiger partial charge in [-0.15, -0.1) is 24.0 Å². The lowest BCUT2D eigenvalue weighted by Gasteiger charge is -2.41. The number of guanidine groups is 1. The SMILES string of the molecule is CN=C(NCC(C)SC)N1CCCC2(CNC(=O)C2)C1.I. The van der Waals surface area contributed by atoms with Crippen molar-refractivity contribution in [2.45, 2.75) is 31.4 Å². The fourth-order valence-electron chi connectivity index (χ4n) is 3.08. The van der Waals surface area contributed by atoms with Crippen molar-refractivity contribution in [1.82, 2.24) is 15.5 Å². The van der Waals surface area contributed by atoms with Gasteiger partial charge in [0.25, 0.3) is 0 Å². The maximum Gasteiger partial charge on any atom is 0.220 e. The summed E-state index contributed by atoms with van der Waals surface area (Å²) >= 11 is 1.85. The Morgan fingerprint density at radius 2 is 2.38 bits per heavy atom. The molecule has 1 amide bonds. The Morgan fingerprint density at radius 3 is 2.95 bits per heavy atom. The van der Waals surface area contributed by atoms with Gasteiger partial charge in [0.2, 0.25) is 5.91 Å². The van der Waals surface area contributed by atoms with Crippen LogP contribution in [0.3, 0.4) is 0 Å². The normalized spacial score (nSPS) is 27.3. The Hall–Kier alpha value is -0.180. The van der Waals surface area contributed by atoms with E-state index in [9.17, 15) is 4.79 Å². The second kappa shape index (κ2) is 8.45. The molecular formula is C14H27IN4OS. The van der Waals surface area contributed by atoms with Crippen LogP contribution >= 0.6 is 35.7 Å². The molecule has 0 radical (unpaired) electrons. The summed E-state index contributed by atoms with van der Waals surface area (Å²) in [7, 11) is 1.84. The predicted octanol–water partition coefficient (Wildman–Crippen LogP) is 1.53. The zero-order valence-electron chi connectivity index (χ0n) is 13.1. The highest BCUT2D eigenvalue weighted by molar-refractivity contribution is 14.0. The van der Waals surface area contributed by atoms with E-state index >= 15 is 0 Å². The molecule has 7 heteroatoms. The third kappa shape index (κ3) is 4.91. The van der Waals surface area contributed by atoms with E-state index in [1.165, 1.54) is 0 Å². The molecule has 0 aromatic heterocycles. The molecule has 0 aromatic carbocycles. The number of nitrogens with zero attached hydrogens (tertiary/aromatic N) is 2. The number of nitrogens with one attached hydrogen (secondary N) is 2. The highest BCUT2D eigenvalue weighted by atomic mass is 127. The molecule has 2 saturated heterocycles. The Bertz CT molecular complexity index is 393. The molecule has 2 heterocycles. The summed E-state index contributed by atoms with van der Waals surface area (Å²) in [6, 6.07) is 0. The fraction of sp³-hybridized carbons (Fsp3) is 0.857. The smallest absolute Gasteiger partial charge is 0.220 e. The quantitative estimate of drug-likeness (QED) is 0.409. The van der Waals surface area contributed by atoms with Crippen LogP contribution in [-0.4, -0.2) is 61.5 Å². The van der Waals surface area contributed by atoms with Gasteiger partial charge in [-0.1, -0.05) is 6.92 Å². The van der Waals surface area contributed by atoms with Crippen molar-refractivity contribution in [2.75, 3.05) is 39.5 Å². The van der Waals surface area contributed by atoms with Gasteiger partial charge in [-0.2, -0.15) is 11.8 Å².